The lowest BCUT2D eigenvalue weighted by Gasteiger charge is -2.09. The normalized spacial score (nSPS) is 11.2. The number of nitrogens with one attached hydrogen (secondary N) is 2. The lowest BCUT2D eigenvalue weighted by atomic mass is 10.1. The molecule has 2 aromatic carbocycles. The number of hydrogen-bond acceptors (Lipinski definition) is 4. The Morgan fingerprint density at radius 2 is 1.68 bits per heavy atom. The maximum Gasteiger partial charge on any atom is 0.240 e. The predicted molar refractivity (Wildman–Crippen MR) is 109 cm³/mol. The highest BCUT2D eigenvalue weighted by molar-refractivity contribution is 7.89. The summed E-state index contributed by atoms with van der Waals surface area (Å²) in [5.74, 6) is -0.423. The molecule has 150 valence electrons. The van der Waals surface area contributed by atoms with Crippen molar-refractivity contribution < 1.29 is 18.0 Å². The molecule has 0 unspecified atom stereocenters. The molecule has 2 N–H and O–H groups in total. The smallest absolute Gasteiger partial charge is 0.240 e. The van der Waals surface area contributed by atoms with Crippen LogP contribution < -0.4 is 10.0 Å². The van der Waals surface area contributed by atoms with Gasteiger partial charge in [0.2, 0.25) is 15.9 Å². The van der Waals surface area contributed by atoms with E-state index >= 15 is 0 Å². The summed E-state index contributed by atoms with van der Waals surface area (Å²) in [6, 6.07) is 10.8. The van der Waals surface area contributed by atoms with Crippen LogP contribution in [0.5, 0.6) is 0 Å². The van der Waals surface area contributed by atoms with E-state index in [9.17, 15) is 18.0 Å². The molecule has 0 radical (unpaired) electrons. The molecule has 6 nitrogen and oxygen atoms in total. The molecule has 2 aromatic rings. The van der Waals surface area contributed by atoms with E-state index in [0.29, 0.717) is 28.6 Å². The molecule has 0 aliphatic rings. The maximum atomic E-state index is 12.2. The van der Waals surface area contributed by atoms with Gasteiger partial charge in [0.15, 0.2) is 5.78 Å². The van der Waals surface area contributed by atoms with Gasteiger partial charge in [0.25, 0.3) is 0 Å². The predicted octanol–water partition coefficient (Wildman–Crippen LogP) is 3.22. The summed E-state index contributed by atoms with van der Waals surface area (Å²) in [6.45, 7) is 1.74. The summed E-state index contributed by atoms with van der Waals surface area (Å²) in [5, 5.41) is 3.79. The molecule has 0 bridgehead atoms. The summed E-state index contributed by atoms with van der Waals surface area (Å²) < 4.78 is 26.8. The van der Waals surface area contributed by atoms with E-state index in [1.165, 1.54) is 31.2 Å². The Morgan fingerprint density at radius 3 is 2.29 bits per heavy atom. The molecule has 28 heavy (non-hydrogen) atoms. The van der Waals surface area contributed by atoms with Crippen molar-refractivity contribution in [2.45, 2.75) is 24.7 Å². The molecule has 0 aliphatic carbocycles. The van der Waals surface area contributed by atoms with Crippen molar-refractivity contribution in [1.29, 1.82) is 0 Å². The fourth-order valence-corrected chi connectivity index (χ4v) is 3.94. The summed E-state index contributed by atoms with van der Waals surface area (Å²) in [7, 11) is -3.74. The van der Waals surface area contributed by atoms with E-state index in [1.807, 2.05) is 0 Å². The number of ketones is 1. The first-order chi connectivity index (χ1) is 13.2. The SMILES string of the molecule is CC(=O)c1ccc(S(=O)(=O)NCCC(=O)NCCc2ccc(Cl)cc2Cl)cc1. The Kier molecular flexibility index (Phi) is 8.00. The van der Waals surface area contributed by atoms with Crippen LogP contribution in [0.25, 0.3) is 0 Å². The maximum absolute atomic E-state index is 12.2. The molecule has 0 saturated carbocycles. The molecule has 0 aliphatic heterocycles. The van der Waals surface area contributed by atoms with Crippen LogP contribution in [0.3, 0.4) is 0 Å². The van der Waals surface area contributed by atoms with Gasteiger partial charge in [-0.2, -0.15) is 0 Å². The van der Waals surface area contributed by atoms with Crippen molar-refractivity contribution >= 4 is 44.9 Å². The van der Waals surface area contributed by atoms with Gasteiger partial charge in [-0.1, -0.05) is 41.4 Å². The van der Waals surface area contributed by atoms with Crippen LogP contribution in [-0.4, -0.2) is 33.2 Å². The van der Waals surface area contributed by atoms with Gasteiger partial charge in [0.1, 0.15) is 0 Å². The molecule has 1 amide bonds. The first-order valence-electron chi connectivity index (χ1n) is 8.50. The van der Waals surface area contributed by atoms with E-state index in [4.69, 9.17) is 23.2 Å². The number of sulfonamides is 1. The number of halogens is 2. The third-order valence-electron chi connectivity index (χ3n) is 3.95. The average Bonchev–Trinajstić information content (AvgIpc) is 2.63. The molecule has 0 aromatic heterocycles. The van der Waals surface area contributed by atoms with Crippen LogP contribution in [0.4, 0.5) is 0 Å². The van der Waals surface area contributed by atoms with Gasteiger partial charge in [-0.15, -0.1) is 0 Å². The van der Waals surface area contributed by atoms with E-state index < -0.39 is 10.0 Å². The summed E-state index contributed by atoms with van der Waals surface area (Å²) in [4.78, 5) is 23.2. The first kappa shape index (κ1) is 22.4. The molecule has 0 saturated heterocycles. The van der Waals surface area contributed by atoms with Crippen molar-refractivity contribution in [3.63, 3.8) is 0 Å². The minimum atomic E-state index is -3.74. The molecule has 2 rings (SSSR count). The summed E-state index contributed by atoms with van der Waals surface area (Å²) in [6.07, 6.45) is 0.537. The van der Waals surface area contributed by atoms with E-state index in [1.54, 1.807) is 18.2 Å². The third-order valence-corrected chi connectivity index (χ3v) is 6.01. The fourth-order valence-electron chi connectivity index (χ4n) is 2.40. The number of amides is 1. The number of carbonyl (C=O) groups is 2. The highest BCUT2D eigenvalue weighted by Gasteiger charge is 2.14. The number of Topliss-reactive ketones (excluding diaryl/α,β-unsaturated/α-hetero) is 1. The van der Waals surface area contributed by atoms with Crippen LogP contribution in [-0.2, 0) is 21.2 Å². The van der Waals surface area contributed by atoms with Crippen LogP contribution in [0.15, 0.2) is 47.4 Å². The second kappa shape index (κ2) is 10.0. The van der Waals surface area contributed by atoms with Crippen LogP contribution in [0.1, 0.15) is 29.3 Å². The first-order valence-corrected chi connectivity index (χ1v) is 10.7. The molecule has 9 heteroatoms. The van der Waals surface area contributed by atoms with Crippen molar-refractivity contribution in [3.05, 3.63) is 63.6 Å². The van der Waals surface area contributed by atoms with Crippen molar-refractivity contribution in [1.82, 2.24) is 10.0 Å². The highest BCUT2D eigenvalue weighted by atomic mass is 35.5. The molecule has 0 spiro atoms. The topological polar surface area (TPSA) is 92.3 Å². The number of rotatable bonds is 9. The van der Waals surface area contributed by atoms with E-state index in [2.05, 4.69) is 10.0 Å². The lowest BCUT2D eigenvalue weighted by molar-refractivity contribution is -0.120. The van der Waals surface area contributed by atoms with Crippen molar-refractivity contribution in [3.8, 4) is 0 Å². The molecule has 0 heterocycles. The quantitative estimate of drug-likeness (QED) is 0.583. The van der Waals surface area contributed by atoms with E-state index in [-0.39, 0.29) is 29.6 Å². The van der Waals surface area contributed by atoms with E-state index in [0.717, 1.165) is 5.56 Å². The zero-order valence-corrected chi connectivity index (χ0v) is 17.5. The van der Waals surface area contributed by atoms with Gasteiger partial charge < -0.3 is 5.32 Å². The lowest BCUT2D eigenvalue weighted by Crippen LogP contribution is -2.31. The highest BCUT2D eigenvalue weighted by Crippen LogP contribution is 2.21. The van der Waals surface area contributed by atoms with Crippen molar-refractivity contribution in [2.24, 2.45) is 0 Å². The number of hydrogen-bond donors (Lipinski definition) is 2. The van der Waals surface area contributed by atoms with Crippen LogP contribution in [0.2, 0.25) is 10.0 Å². The molecule has 0 atom stereocenters. The molecular weight excluding hydrogens is 423 g/mol. The summed E-state index contributed by atoms with van der Waals surface area (Å²) in [5.41, 5.74) is 1.29. The summed E-state index contributed by atoms with van der Waals surface area (Å²) >= 11 is 11.9. The van der Waals surface area contributed by atoms with Gasteiger partial charge in [0, 0.05) is 35.1 Å². The number of benzene rings is 2. The van der Waals surface area contributed by atoms with Gasteiger partial charge in [-0.05, 0) is 43.2 Å². The Balaban J connectivity index is 1.77. The minimum absolute atomic E-state index is 0.000883. The Hall–Kier alpha value is -1.93. The number of carbonyl (C=O) groups excluding carboxylic acids is 2. The second-order valence-electron chi connectivity index (χ2n) is 6.06. The zero-order chi connectivity index (χ0) is 20.7. The van der Waals surface area contributed by atoms with Gasteiger partial charge in [0.05, 0.1) is 4.90 Å². The standard InChI is InChI=1S/C19H20Cl2N2O4S/c1-13(24)14-3-6-17(7-4-14)28(26,27)23-11-9-19(25)22-10-8-15-2-5-16(20)12-18(15)21/h2-7,12,23H,8-11H2,1H3,(H,22,25). The monoisotopic (exact) mass is 442 g/mol. The Bertz CT molecular complexity index is 960. The minimum Gasteiger partial charge on any atom is -0.356 e. The van der Waals surface area contributed by atoms with Gasteiger partial charge in [-0.25, -0.2) is 13.1 Å². The largest absolute Gasteiger partial charge is 0.356 e. The average molecular weight is 443 g/mol. The zero-order valence-electron chi connectivity index (χ0n) is 15.2. The van der Waals surface area contributed by atoms with Gasteiger partial charge in [-0.3, -0.25) is 9.59 Å². The van der Waals surface area contributed by atoms with Gasteiger partial charge >= 0.3 is 0 Å². The molecule has 0 fully saturated rings. The second-order valence-corrected chi connectivity index (χ2v) is 8.67. The van der Waals surface area contributed by atoms with Crippen molar-refractivity contribution in [2.75, 3.05) is 13.1 Å². The van der Waals surface area contributed by atoms with Crippen LogP contribution >= 0.6 is 23.2 Å². The molecular formula is C19H20Cl2N2O4S. The Labute approximate surface area is 174 Å². The third kappa shape index (κ3) is 6.60. The Morgan fingerprint density at radius 1 is 1.00 bits per heavy atom. The fraction of sp³-hybridized carbons (Fsp3) is 0.263. The van der Waals surface area contributed by atoms with Crippen LogP contribution in [0, 0.1) is 0 Å².